The number of carboxylic acid groups (broad SMARTS) is 2. The van der Waals surface area contributed by atoms with Crippen LogP contribution in [0.15, 0.2) is 47.4 Å². The average molecular weight is 789 g/mol. The maximum absolute atomic E-state index is 13.1. The number of hydrogen-bond donors (Lipinski definition) is 4. The fourth-order valence-corrected chi connectivity index (χ4v) is 9.25. The summed E-state index contributed by atoms with van der Waals surface area (Å²) in [7, 11) is 0. The molecule has 1 fully saturated rings. The summed E-state index contributed by atoms with van der Waals surface area (Å²) in [5.41, 5.74) is 4.67. The summed E-state index contributed by atoms with van der Waals surface area (Å²) in [6, 6.07) is 1.24. The number of benzene rings is 1. The Bertz CT molecular complexity index is 1870. The van der Waals surface area contributed by atoms with Gasteiger partial charge in [-0.25, -0.2) is 4.98 Å². The maximum Gasteiger partial charge on any atom is 1.00 e. The molecule has 4 heterocycles. The Kier molecular flexibility index (Phi) is 13.5. The van der Waals surface area contributed by atoms with Crippen molar-refractivity contribution in [2.24, 2.45) is 5.16 Å². The number of nitrogens with zero attached hydrogens (tertiary/aromatic N) is 3. The molecule has 0 radical (unpaired) electrons. The first-order chi connectivity index (χ1) is 20.9. The molecule has 0 saturated carbocycles. The minimum absolute atomic E-state index is 0. The van der Waals surface area contributed by atoms with Crippen molar-refractivity contribution in [1.29, 1.82) is 0 Å². The number of halogens is 1. The largest absolute Gasteiger partial charge is 1.00 e. The summed E-state index contributed by atoms with van der Waals surface area (Å²) in [5, 5.41) is 49.3. The number of phenols is 2. The number of nitrogens with one attached hydrogen (secondary N) is 1. The normalized spacial score (nSPS) is 17.4. The first-order valence-corrected chi connectivity index (χ1v) is 16.5. The number of rotatable bonds is 10. The van der Waals surface area contributed by atoms with Gasteiger partial charge in [0, 0.05) is 33.0 Å². The van der Waals surface area contributed by atoms with Crippen LogP contribution in [0.5, 0.6) is 11.5 Å². The van der Waals surface area contributed by atoms with Gasteiger partial charge >= 0.3 is 59.1 Å². The number of β-lactam (4-membered cyclic amide) rings is 1. The van der Waals surface area contributed by atoms with Gasteiger partial charge in [-0.05, 0) is 27.6 Å². The summed E-state index contributed by atoms with van der Waals surface area (Å²) in [6.07, 6.45) is 0. The van der Waals surface area contributed by atoms with E-state index in [0.29, 0.717) is 14.5 Å². The number of carboxylic acids is 2. The third-order valence-electron chi connectivity index (χ3n) is 6.13. The third kappa shape index (κ3) is 7.88. The Morgan fingerprint density at radius 3 is 2.54 bits per heavy atom. The van der Waals surface area contributed by atoms with Gasteiger partial charge in [-0.15, -0.1) is 46.2 Å². The Labute approximate surface area is 327 Å². The molecule has 1 saturated heterocycles. The van der Waals surface area contributed by atoms with Crippen LogP contribution < -0.4 is 85.8 Å². The molecule has 2 atom stereocenters. The predicted octanol–water partition coefficient (Wildman–Crippen LogP) is -6.85. The number of anilines is 1. The fourth-order valence-electron chi connectivity index (χ4n) is 4.16. The van der Waals surface area contributed by atoms with Crippen molar-refractivity contribution in [2.45, 2.75) is 15.6 Å². The molecule has 0 unspecified atom stereocenters. The van der Waals surface area contributed by atoms with Crippen LogP contribution in [0.25, 0.3) is 10.1 Å². The van der Waals surface area contributed by atoms with Crippen molar-refractivity contribution in [3.8, 4) is 11.5 Å². The molecule has 0 bridgehead atoms. The van der Waals surface area contributed by atoms with Crippen LogP contribution in [0.3, 0.4) is 0 Å². The standard InChI is InChI=1S/C24H18BrN5O10S4.2Na/c25-14-18(35)8-1-10(31)11(32)2-12(8)44-23(14)42-5-7-4-41-21-16(20(37)30(21)17(7)22(38)39)28-19(36)15(29-40-3-13(33)34)9-6-43-24(26)27-9;;/h1-2,6,16,21,31-32H,3-5H2,(H2,26,27)(H,28,36)(H,33,34)(H,38,39);;/q;2*+1/p-2/b29-15-;;/t16-,21+;;/m1../s1. The number of nitrogens with two attached hydrogens (primary N) is 1. The van der Waals surface area contributed by atoms with Crippen molar-refractivity contribution in [1.82, 2.24) is 15.2 Å². The zero-order valence-electron chi connectivity index (χ0n) is 23.6. The first-order valence-electron chi connectivity index (χ1n) is 12.0. The molecule has 0 aliphatic carbocycles. The minimum atomic E-state index is -1.61. The number of aromatic nitrogens is 1. The monoisotopic (exact) mass is 787 g/mol. The van der Waals surface area contributed by atoms with Gasteiger partial charge in [0.05, 0.1) is 26.3 Å². The van der Waals surface area contributed by atoms with E-state index in [1.807, 2.05) is 0 Å². The smallest absolute Gasteiger partial charge is 0.546 e. The van der Waals surface area contributed by atoms with Crippen LogP contribution in [0.1, 0.15) is 5.69 Å². The summed E-state index contributed by atoms with van der Waals surface area (Å²) >= 11 is 7.69. The van der Waals surface area contributed by atoms with Crippen LogP contribution in [0.2, 0.25) is 0 Å². The third-order valence-corrected chi connectivity index (χ3v) is 11.9. The van der Waals surface area contributed by atoms with Crippen molar-refractivity contribution in [3.63, 3.8) is 0 Å². The number of carbonyl (C=O) groups excluding carboxylic acids is 4. The SMILES string of the molecule is Nc1nc(/C(=N/OCC(=O)[O-])C(=O)N[C@@H]2C(=O)N3C(C(=O)[O-])=C(CSc4sc5cc(O)c(O)cc5c(=O)c4Br)CS[C@@H]23)cs1.[Na+].[Na+]. The molecule has 2 amide bonds. The Hall–Kier alpha value is -1.85. The number of hydrogen-bond acceptors (Lipinski definition) is 17. The van der Waals surface area contributed by atoms with E-state index in [1.54, 1.807) is 0 Å². The molecule has 1 aromatic carbocycles. The number of amides is 2. The van der Waals surface area contributed by atoms with Gasteiger partial charge in [0.25, 0.3) is 11.8 Å². The van der Waals surface area contributed by atoms with Gasteiger partial charge in [-0.2, -0.15) is 0 Å². The zero-order chi connectivity index (χ0) is 31.9. The van der Waals surface area contributed by atoms with E-state index >= 15 is 0 Å². The second-order valence-corrected chi connectivity index (χ2v) is 14.0. The van der Waals surface area contributed by atoms with Crippen molar-refractivity contribution in [2.75, 3.05) is 23.8 Å². The first kappa shape index (κ1) is 38.6. The topological polar surface area (TPSA) is 248 Å². The molecular formula is C24H16BrN5Na2O10S4. The van der Waals surface area contributed by atoms with E-state index in [9.17, 15) is 44.4 Å². The summed E-state index contributed by atoms with van der Waals surface area (Å²) in [4.78, 5) is 71.4. The number of oxime groups is 1. The fraction of sp³-hybridized carbons (Fsp3) is 0.208. The van der Waals surface area contributed by atoms with E-state index in [1.165, 1.54) is 23.2 Å². The van der Waals surface area contributed by atoms with E-state index in [2.05, 4.69) is 36.2 Å². The molecular weight excluding hydrogens is 772 g/mol. The molecule has 2 aromatic heterocycles. The Morgan fingerprint density at radius 2 is 1.91 bits per heavy atom. The molecule has 5 N–H and O–H groups in total. The van der Waals surface area contributed by atoms with Gasteiger partial charge in [-0.1, -0.05) is 5.16 Å². The van der Waals surface area contributed by atoms with Crippen LogP contribution in [-0.4, -0.2) is 79.1 Å². The van der Waals surface area contributed by atoms with E-state index in [-0.39, 0.29) is 97.0 Å². The van der Waals surface area contributed by atoms with Crippen LogP contribution in [0.4, 0.5) is 5.13 Å². The van der Waals surface area contributed by atoms with E-state index in [0.717, 1.165) is 45.4 Å². The van der Waals surface area contributed by atoms with E-state index < -0.39 is 64.4 Å². The van der Waals surface area contributed by atoms with Gasteiger partial charge in [0.15, 0.2) is 28.9 Å². The summed E-state index contributed by atoms with van der Waals surface area (Å²) in [6.45, 7) is -0.954. The molecule has 46 heavy (non-hydrogen) atoms. The number of aliphatic carboxylic acids is 2. The molecule has 15 nitrogen and oxygen atoms in total. The molecule has 22 heteroatoms. The van der Waals surface area contributed by atoms with Crippen LogP contribution in [0, 0.1) is 0 Å². The van der Waals surface area contributed by atoms with Gasteiger partial charge in [0.2, 0.25) is 5.43 Å². The van der Waals surface area contributed by atoms with Gasteiger partial charge in [0.1, 0.15) is 17.1 Å². The number of nitrogen functional groups attached to an aromatic ring is 1. The quantitative estimate of drug-likeness (QED) is 0.0373. The molecule has 5 rings (SSSR count). The number of aromatic hydroxyl groups is 2. The van der Waals surface area contributed by atoms with Gasteiger partial charge < -0.3 is 45.9 Å². The Morgan fingerprint density at radius 1 is 1.22 bits per heavy atom. The molecule has 3 aromatic rings. The molecule has 230 valence electrons. The number of carbonyl (C=O) groups is 4. The Balaban J connectivity index is 0.00000288. The van der Waals surface area contributed by atoms with Crippen molar-refractivity contribution >= 4 is 107 Å². The summed E-state index contributed by atoms with van der Waals surface area (Å²) in [5.74, 6) is -5.52. The van der Waals surface area contributed by atoms with E-state index in [4.69, 9.17) is 5.73 Å². The summed E-state index contributed by atoms with van der Waals surface area (Å²) < 4.78 is 1.06. The second-order valence-electron chi connectivity index (χ2n) is 8.92. The average Bonchev–Trinajstić information content (AvgIpc) is 3.41. The minimum Gasteiger partial charge on any atom is -0.546 e. The molecule has 2 aliphatic rings. The maximum atomic E-state index is 13.1. The van der Waals surface area contributed by atoms with Gasteiger partial charge in [-0.3, -0.25) is 19.3 Å². The number of fused-ring (bicyclic) bond motifs is 2. The van der Waals surface area contributed by atoms with Crippen molar-refractivity contribution in [3.05, 3.63) is 49.2 Å². The number of thioether (sulfide) groups is 2. The van der Waals surface area contributed by atoms with Crippen molar-refractivity contribution < 1.29 is 104 Å². The second kappa shape index (κ2) is 16.0. The zero-order valence-corrected chi connectivity index (χ0v) is 32.5. The van der Waals surface area contributed by atoms with Crippen LogP contribution in [-0.2, 0) is 24.0 Å². The number of thiazole rings is 1. The molecule has 2 aliphatic heterocycles. The predicted molar refractivity (Wildman–Crippen MR) is 161 cm³/mol. The molecule has 0 spiro atoms. The van der Waals surface area contributed by atoms with Crippen LogP contribution >= 0.6 is 62.1 Å². The number of phenolic OH excluding ortho intramolecular Hbond substituents is 2.